The van der Waals surface area contributed by atoms with Gasteiger partial charge < -0.3 is 20.8 Å². The highest BCUT2D eigenvalue weighted by Gasteiger charge is 2.46. The van der Waals surface area contributed by atoms with E-state index in [9.17, 15) is 10.2 Å². The molecule has 0 radical (unpaired) electrons. The lowest BCUT2D eigenvalue weighted by atomic mass is 9.73. The van der Waals surface area contributed by atoms with Gasteiger partial charge in [0, 0.05) is 19.1 Å². The highest BCUT2D eigenvalue weighted by Crippen LogP contribution is 2.50. The van der Waals surface area contributed by atoms with Crippen LogP contribution in [0.3, 0.4) is 0 Å². The molecule has 1 fully saturated rings. The van der Waals surface area contributed by atoms with E-state index in [4.69, 9.17) is 5.73 Å². The van der Waals surface area contributed by atoms with Gasteiger partial charge in [0.1, 0.15) is 17.5 Å². The number of fused-ring (bicyclic) bond motifs is 1. The Kier molecular flexibility index (Phi) is 5.86. The standard InChI is InChI=1S/C27H28N4O2/c28-25-22-9-5-4-8-20(22)16-27(25)12-14-31(15-13-27)26-23(18-32)30-21(17-29-26)10-11-24(33)19-6-2-1-3-7-19/h1-9,17,24-25,32-33H,12-16,18,28H2/t24?,25-/m1/s1. The van der Waals surface area contributed by atoms with Crippen molar-refractivity contribution in [1.29, 1.82) is 0 Å². The van der Waals surface area contributed by atoms with Crippen molar-refractivity contribution in [3.63, 3.8) is 0 Å². The van der Waals surface area contributed by atoms with Gasteiger partial charge in [-0.3, -0.25) is 0 Å². The highest BCUT2D eigenvalue weighted by molar-refractivity contribution is 5.47. The maximum atomic E-state index is 10.3. The monoisotopic (exact) mass is 440 g/mol. The highest BCUT2D eigenvalue weighted by atomic mass is 16.3. The third-order valence-electron chi connectivity index (χ3n) is 7.08. The summed E-state index contributed by atoms with van der Waals surface area (Å²) in [6, 6.07) is 17.8. The normalized spacial score (nSPS) is 19.6. The fourth-order valence-electron chi connectivity index (χ4n) is 5.18. The van der Waals surface area contributed by atoms with Crippen molar-refractivity contribution >= 4 is 5.82 Å². The second-order valence-corrected chi connectivity index (χ2v) is 8.97. The van der Waals surface area contributed by atoms with Crippen LogP contribution in [0.4, 0.5) is 5.82 Å². The molecule has 6 nitrogen and oxygen atoms in total. The minimum Gasteiger partial charge on any atom is -0.390 e. The first-order valence-corrected chi connectivity index (χ1v) is 11.4. The molecular weight excluding hydrogens is 412 g/mol. The van der Waals surface area contributed by atoms with Gasteiger partial charge in [-0.25, -0.2) is 9.97 Å². The number of benzene rings is 2. The summed E-state index contributed by atoms with van der Waals surface area (Å²) in [6.45, 7) is 1.42. The van der Waals surface area contributed by atoms with Crippen LogP contribution in [0.25, 0.3) is 0 Å². The largest absolute Gasteiger partial charge is 0.390 e. The number of rotatable bonds is 3. The predicted molar refractivity (Wildman–Crippen MR) is 127 cm³/mol. The average Bonchev–Trinajstić information content (AvgIpc) is 3.14. The Balaban J connectivity index is 1.30. The van der Waals surface area contributed by atoms with Crippen LogP contribution in [0.15, 0.2) is 60.8 Å². The number of nitrogens with two attached hydrogens (primary N) is 1. The average molecular weight is 441 g/mol. The first-order valence-electron chi connectivity index (χ1n) is 11.4. The van der Waals surface area contributed by atoms with Gasteiger partial charge in [0.2, 0.25) is 0 Å². The van der Waals surface area contributed by atoms with E-state index < -0.39 is 6.10 Å². The number of anilines is 1. The second-order valence-electron chi connectivity index (χ2n) is 8.97. The van der Waals surface area contributed by atoms with Crippen molar-refractivity contribution in [2.75, 3.05) is 18.0 Å². The maximum Gasteiger partial charge on any atom is 0.152 e. The summed E-state index contributed by atoms with van der Waals surface area (Å²) in [7, 11) is 0. The van der Waals surface area contributed by atoms with Crippen LogP contribution in [-0.4, -0.2) is 33.3 Å². The number of aliphatic hydroxyl groups is 2. The van der Waals surface area contributed by atoms with Crippen molar-refractivity contribution in [2.45, 2.75) is 38.0 Å². The zero-order valence-electron chi connectivity index (χ0n) is 18.5. The molecule has 33 heavy (non-hydrogen) atoms. The second kappa shape index (κ2) is 8.95. The third kappa shape index (κ3) is 4.11. The zero-order chi connectivity index (χ0) is 22.8. The summed E-state index contributed by atoms with van der Waals surface area (Å²) in [6.07, 6.45) is 3.68. The molecular formula is C27H28N4O2. The van der Waals surface area contributed by atoms with Crippen LogP contribution in [0.5, 0.6) is 0 Å². The molecule has 6 heteroatoms. The maximum absolute atomic E-state index is 10.3. The molecule has 1 saturated heterocycles. The molecule has 1 unspecified atom stereocenters. The van der Waals surface area contributed by atoms with E-state index in [1.54, 1.807) is 6.20 Å². The summed E-state index contributed by atoms with van der Waals surface area (Å²) in [5.74, 6) is 6.39. The van der Waals surface area contributed by atoms with E-state index in [1.807, 2.05) is 30.3 Å². The summed E-state index contributed by atoms with van der Waals surface area (Å²) in [5, 5.41) is 20.2. The number of nitrogens with zero attached hydrogens (tertiary/aromatic N) is 3. The number of hydrogen-bond acceptors (Lipinski definition) is 6. The first kappa shape index (κ1) is 21.6. The molecule has 0 saturated carbocycles. The number of hydrogen-bond donors (Lipinski definition) is 3. The van der Waals surface area contributed by atoms with E-state index in [0.717, 1.165) is 37.9 Å². The van der Waals surface area contributed by atoms with Crippen LogP contribution >= 0.6 is 0 Å². The molecule has 1 aliphatic carbocycles. The van der Waals surface area contributed by atoms with E-state index in [2.05, 4.69) is 51.0 Å². The predicted octanol–water partition coefficient (Wildman–Crippen LogP) is 2.90. The topological polar surface area (TPSA) is 95.5 Å². The van der Waals surface area contributed by atoms with Gasteiger partial charge in [-0.15, -0.1) is 0 Å². The summed E-state index contributed by atoms with van der Waals surface area (Å²) < 4.78 is 0. The van der Waals surface area contributed by atoms with Crippen molar-refractivity contribution in [3.05, 3.63) is 88.9 Å². The molecule has 2 atom stereocenters. The van der Waals surface area contributed by atoms with E-state index in [-0.39, 0.29) is 18.1 Å². The van der Waals surface area contributed by atoms with Crippen LogP contribution in [0, 0.1) is 17.3 Å². The molecule has 3 aromatic rings. The van der Waals surface area contributed by atoms with E-state index in [1.165, 1.54) is 11.1 Å². The van der Waals surface area contributed by atoms with Crippen LogP contribution in [0.2, 0.25) is 0 Å². The van der Waals surface area contributed by atoms with Crippen molar-refractivity contribution in [2.24, 2.45) is 11.1 Å². The fraction of sp³-hybridized carbons (Fsp3) is 0.333. The molecule has 0 amide bonds. The molecule has 2 aromatic carbocycles. The zero-order valence-corrected chi connectivity index (χ0v) is 18.5. The molecule has 4 N–H and O–H groups in total. The van der Waals surface area contributed by atoms with Crippen molar-refractivity contribution in [3.8, 4) is 11.8 Å². The Morgan fingerprint density at radius 2 is 1.82 bits per heavy atom. The lowest BCUT2D eigenvalue weighted by molar-refractivity contribution is 0.186. The quantitative estimate of drug-likeness (QED) is 0.542. The van der Waals surface area contributed by atoms with Crippen molar-refractivity contribution in [1.82, 2.24) is 9.97 Å². The minimum atomic E-state index is -0.900. The van der Waals surface area contributed by atoms with Crippen LogP contribution < -0.4 is 10.6 Å². The molecule has 5 rings (SSSR count). The summed E-state index contributed by atoms with van der Waals surface area (Å²) in [5.41, 5.74) is 11.1. The molecule has 1 aliphatic heterocycles. The third-order valence-corrected chi connectivity index (χ3v) is 7.08. The fourth-order valence-corrected chi connectivity index (χ4v) is 5.18. The molecule has 1 aromatic heterocycles. The van der Waals surface area contributed by atoms with Gasteiger partial charge in [0.15, 0.2) is 5.82 Å². The molecule has 168 valence electrons. The summed E-state index contributed by atoms with van der Waals surface area (Å²) in [4.78, 5) is 11.3. The van der Waals surface area contributed by atoms with Gasteiger partial charge in [-0.2, -0.15) is 0 Å². The summed E-state index contributed by atoms with van der Waals surface area (Å²) >= 11 is 0. The van der Waals surface area contributed by atoms with Gasteiger partial charge >= 0.3 is 0 Å². The molecule has 0 bridgehead atoms. The number of aromatic nitrogens is 2. The lowest BCUT2D eigenvalue weighted by Gasteiger charge is -2.42. The Morgan fingerprint density at radius 3 is 2.55 bits per heavy atom. The Bertz CT molecular complexity index is 1190. The van der Waals surface area contributed by atoms with E-state index >= 15 is 0 Å². The molecule has 2 heterocycles. The van der Waals surface area contributed by atoms with Gasteiger partial charge in [-0.05, 0) is 47.3 Å². The number of piperidine rings is 1. The Labute approximate surface area is 194 Å². The Morgan fingerprint density at radius 1 is 1.09 bits per heavy atom. The SMILES string of the molecule is N[C@@H]1c2ccccc2CC12CCN(c1ncc(C#CC(O)c3ccccc3)nc1CO)CC2. The van der Waals surface area contributed by atoms with E-state index in [0.29, 0.717) is 17.2 Å². The molecule has 2 aliphatic rings. The Hall–Kier alpha value is -3.24. The minimum absolute atomic E-state index is 0.0629. The van der Waals surface area contributed by atoms with Crippen LogP contribution in [0.1, 0.15) is 53.1 Å². The van der Waals surface area contributed by atoms with Gasteiger partial charge in [0.25, 0.3) is 0 Å². The smallest absolute Gasteiger partial charge is 0.152 e. The van der Waals surface area contributed by atoms with Gasteiger partial charge in [0.05, 0.1) is 12.8 Å². The molecule has 1 spiro atoms. The van der Waals surface area contributed by atoms with Crippen LogP contribution in [-0.2, 0) is 13.0 Å². The first-order chi connectivity index (χ1) is 16.1. The number of aliphatic hydroxyl groups excluding tert-OH is 2. The van der Waals surface area contributed by atoms with Crippen molar-refractivity contribution < 1.29 is 10.2 Å². The lowest BCUT2D eigenvalue weighted by Crippen LogP contribution is -2.45. The van der Waals surface area contributed by atoms with Gasteiger partial charge in [-0.1, -0.05) is 60.5 Å².